The van der Waals surface area contributed by atoms with Gasteiger partial charge in [0.25, 0.3) is 0 Å². The van der Waals surface area contributed by atoms with E-state index in [-0.39, 0.29) is 0 Å². The summed E-state index contributed by atoms with van der Waals surface area (Å²) in [6.07, 6.45) is 2.23. The summed E-state index contributed by atoms with van der Waals surface area (Å²) >= 11 is 0. The monoisotopic (exact) mass is 247 g/mol. The Bertz CT molecular complexity index is 356. The van der Waals surface area contributed by atoms with Gasteiger partial charge in [-0.25, -0.2) is 0 Å². The largest absolute Gasteiger partial charge is 0.489 e. The number of likely N-dealkylation sites (N-methyl/N-ethyl adjacent to an activating group) is 1. The highest BCUT2D eigenvalue weighted by molar-refractivity contribution is 5.28. The highest BCUT2D eigenvalue weighted by atomic mass is 16.5. The number of ether oxygens (including phenoxy) is 1. The van der Waals surface area contributed by atoms with E-state index < -0.39 is 0 Å². The van der Waals surface area contributed by atoms with Crippen LogP contribution in [0.4, 0.5) is 0 Å². The van der Waals surface area contributed by atoms with Crippen molar-refractivity contribution < 1.29 is 4.74 Å². The van der Waals surface area contributed by atoms with E-state index in [1.54, 1.807) is 0 Å². The second-order valence-corrected chi connectivity index (χ2v) is 4.76. The molecule has 0 spiro atoms. The van der Waals surface area contributed by atoms with Crippen LogP contribution < -0.4 is 10.1 Å². The quantitative estimate of drug-likeness (QED) is 0.709. The fraction of sp³-hybridized carbons (Fsp3) is 0.500. The van der Waals surface area contributed by atoms with Gasteiger partial charge in [0.1, 0.15) is 12.4 Å². The highest BCUT2D eigenvalue weighted by Gasteiger charge is 2.05. The molecule has 1 unspecified atom stereocenters. The second kappa shape index (κ2) is 7.93. The molecule has 0 amide bonds. The molecule has 0 fully saturated rings. The van der Waals surface area contributed by atoms with Gasteiger partial charge in [0, 0.05) is 6.04 Å². The smallest absolute Gasteiger partial charge is 0.119 e. The molecule has 1 rings (SSSR count). The Balaban J connectivity index is 2.51. The van der Waals surface area contributed by atoms with Crippen LogP contribution in [0.25, 0.3) is 0 Å². The van der Waals surface area contributed by atoms with E-state index in [9.17, 15) is 0 Å². The van der Waals surface area contributed by atoms with E-state index in [1.807, 2.05) is 19.1 Å². The van der Waals surface area contributed by atoms with Gasteiger partial charge in [0.15, 0.2) is 0 Å². The van der Waals surface area contributed by atoms with Gasteiger partial charge in [-0.3, -0.25) is 0 Å². The maximum atomic E-state index is 5.59. The van der Waals surface area contributed by atoms with Crippen LogP contribution in [0.2, 0.25) is 0 Å². The zero-order chi connectivity index (χ0) is 13.4. The SMILES string of the molecule is C=C(C)COc1ccc(CC(CC)NCC)cc1. The van der Waals surface area contributed by atoms with E-state index in [2.05, 4.69) is 37.9 Å². The molecule has 18 heavy (non-hydrogen) atoms. The van der Waals surface area contributed by atoms with Crippen molar-refractivity contribution in [1.82, 2.24) is 5.32 Å². The number of hydrogen-bond acceptors (Lipinski definition) is 2. The Morgan fingerprint density at radius 3 is 2.44 bits per heavy atom. The lowest BCUT2D eigenvalue weighted by molar-refractivity contribution is 0.352. The first-order chi connectivity index (χ1) is 8.65. The van der Waals surface area contributed by atoms with Gasteiger partial charge in [0.05, 0.1) is 0 Å². The maximum absolute atomic E-state index is 5.59. The zero-order valence-corrected chi connectivity index (χ0v) is 11.8. The van der Waals surface area contributed by atoms with E-state index in [0.29, 0.717) is 12.6 Å². The molecular formula is C16H25NO. The molecule has 1 aromatic carbocycles. The molecule has 0 heterocycles. The minimum atomic E-state index is 0.567. The first-order valence-electron chi connectivity index (χ1n) is 6.75. The molecule has 100 valence electrons. The molecule has 1 atom stereocenters. The van der Waals surface area contributed by atoms with Crippen molar-refractivity contribution in [1.29, 1.82) is 0 Å². The van der Waals surface area contributed by atoms with E-state index in [0.717, 1.165) is 30.7 Å². The average Bonchev–Trinajstić information content (AvgIpc) is 2.37. The molecule has 1 N–H and O–H groups in total. The fourth-order valence-electron chi connectivity index (χ4n) is 1.86. The Kier molecular flexibility index (Phi) is 6.51. The predicted octanol–water partition coefficient (Wildman–Crippen LogP) is 3.57. The van der Waals surface area contributed by atoms with Gasteiger partial charge in [-0.2, -0.15) is 0 Å². The Morgan fingerprint density at radius 2 is 1.94 bits per heavy atom. The van der Waals surface area contributed by atoms with Crippen LogP contribution in [-0.4, -0.2) is 19.2 Å². The van der Waals surface area contributed by atoms with Crippen molar-refractivity contribution in [2.75, 3.05) is 13.2 Å². The summed E-state index contributed by atoms with van der Waals surface area (Å²) in [7, 11) is 0. The number of hydrogen-bond donors (Lipinski definition) is 1. The normalized spacial score (nSPS) is 12.2. The summed E-state index contributed by atoms with van der Waals surface area (Å²) in [6, 6.07) is 8.94. The lowest BCUT2D eigenvalue weighted by atomic mass is 10.0. The number of rotatable bonds is 8. The predicted molar refractivity (Wildman–Crippen MR) is 78.2 cm³/mol. The molecule has 2 nitrogen and oxygen atoms in total. The molecule has 1 aromatic rings. The van der Waals surface area contributed by atoms with Gasteiger partial charge < -0.3 is 10.1 Å². The Hall–Kier alpha value is -1.28. The molecule has 0 radical (unpaired) electrons. The van der Waals surface area contributed by atoms with Crippen molar-refractivity contribution in [3.8, 4) is 5.75 Å². The molecule has 0 saturated carbocycles. The van der Waals surface area contributed by atoms with Gasteiger partial charge in [-0.05, 0) is 49.6 Å². The van der Waals surface area contributed by atoms with Gasteiger partial charge in [-0.15, -0.1) is 0 Å². The van der Waals surface area contributed by atoms with Gasteiger partial charge in [-0.1, -0.05) is 32.6 Å². The summed E-state index contributed by atoms with van der Waals surface area (Å²) in [5.41, 5.74) is 2.39. The average molecular weight is 247 g/mol. The molecule has 0 aliphatic rings. The summed E-state index contributed by atoms with van der Waals surface area (Å²) < 4.78 is 5.59. The Morgan fingerprint density at radius 1 is 1.28 bits per heavy atom. The second-order valence-electron chi connectivity index (χ2n) is 4.76. The third-order valence-electron chi connectivity index (χ3n) is 2.88. The van der Waals surface area contributed by atoms with Crippen LogP contribution in [0.3, 0.4) is 0 Å². The first-order valence-corrected chi connectivity index (χ1v) is 6.75. The number of benzene rings is 1. The van der Waals surface area contributed by atoms with Crippen LogP contribution in [-0.2, 0) is 6.42 Å². The standard InChI is InChI=1S/C16H25NO/c1-5-15(17-6-2)11-14-7-9-16(10-8-14)18-12-13(3)4/h7-10,15,17H,3,5-6,11-12H2,1-2,4H3. The lowest BCUT2D eigenvalue weighted by Crippen LogP contribution is -2.30. The molecule has 0 aromatic heterocycles. The van der Waals surface area contributed by atoms with Crippen molar-refractivity contribution >= 4 is 0 Å². The third-order valence-corrected chi connectivity index (χ3v) is 2.88. The molecular weight excluding hydrogens is 222 g/mol. The summed E-state index contributed by atoms with van der Waals surface area (Å²) in [5, 5.41) is 3.49. The molecule has 0 aliphatic heterocycles. The summed E-state index contributed by atoms with van der Waals surface area (Å²) in [6.45, 7) is 11.8. The Labute approximate surface area is 111 Å². The van der Waals surface area contributed by atoms with Crippen LogP contribution in [0.1, 0.15) is 32.8 Å². The fourth-order valence-corrected chi connectivity index (χ4v) is 1.86. The summed E-state index contributed by atoms with van der Waals surface area (Å²) in [5.74, 6) is 0.915. The third kappa shape index (κ3) is 5.37. The molecule has 0 bridgehead atoms. The highest BCUT2D eigenvalue weighted by Crippen LogP contribution is 2.14. The van der Waals surface area contributed by atoms with E-state index >= 15 is 0 Å². The van der Waals surface area contributed by atoms with Crippen molar-refractivity contribution in [2.45, 2.75) is 39.7 Å². The zero-order valence-electron chi connectivity index (χ0n) is 11.8. The molecule has 2 heteroatoms. The number of nitrogens with one attached hydrogen (secondary N) is 1. The maximum Gasteiger partial charge on any atom is 0.119 e. The van der Waals surface area contributed by atoms with Crippen molar-refractivity contribution in [3.05, 3.63) is 42.0 Å². The van der Waals surface area contributed by atoms with Crippen LogP contribution in [0.5, 0.6) is 5.75 Å². The molecule has 0 aliphatic carbocycles. The van der Waals surface area contributed by atoms with Gasteiger partial charge >= 0.3 is 0 Å². The van der Waals surface area contributed by atoms with E-state index in [4.69, 9.17) is 4.74 Å². The van der Waals surface area contributed by atoms with Crippen LogP contribution in [0.15, 0.2) is 36.4 Å². The first kappa shape index (κ1) is 14.8. The molecule has 0 saturated heterocycles. The van der Waals surface area contributed by atoms with Crippen LogP contribution >= 0.6 is 0 Å². The minimum absolute atomic E-state index is 0.567. The minimum Gasteiger partial charge on any atom is -0.489 e. The summed E-state index contributed by atoms with van der Waals surface area (Å²) in [4.78, 5) is 0. The van der Waals surface area contributed by atoms with Crippen molar-refractivity contribution in [2.24, 2.45) is 0 Å². The lowest BCUT2D eigenvalue weighted by Gasteiger charge is -2.16. The van der Waals surface area contributed by atoms with Crippen molar-refractivity contribution in [3.63, 3.8) is 0 Å². The van der Waals surface area contributed by atoms with Gasteiger partial charge in [0.2, 0.25) is 0 Å². The van der Waals surface area contributed by atoms with Crippen LogP contribution in [0, 0.1) is 0 Å². The topological polar surface area (TPSA) is 21.3 Å². The van der Waals surface area contributed by atoms with E-state index in [1.165, 1.54) is 5.56 Å².